The van der Waals surface area contributed by atoms with Crippen molar-refractivity contribution in [3.63, 3.8) is 0 Å². The summed E-state index contributed by atoms with van der Waals surface area (Å²) in [6.07, 6.45) is 1.33. The van der Waals surface area contributed by atoms with Crippen LogP contribution in [0.4, 0.5) is 0 Å². The van der Waals surface area contributed by atoms with E-state index in [1.165, 1.54) is 0 Å². The lowest BCUT2D eigenvalue weighted by molar-refractivity contribution is -0.152. The van der Waals surface area contributed by atoms with Gasteiger partial charge in [-0.05, 0) is 18.4 Å². The van der Waals surface area contributed by atoms with Gasteiger partial charge < -0.3 is 23.9 Å². The van der Waals surface area contributed by atoms with E-state index in [0.29, 0.717) is 51.5 Å². The number of ether oxygens (including phenoxy) is 2. The molecule has 0 radical (unpaired) electrons. The molecule has 150 valence electrons. The summed E-state index contributed by atoms with van der Waals surface area (Å²) < 4.78 is 17.0. The smallest absolute Gasteiger partial charge is 0.231 e. The first-order chi connectivity index (χ1) is 13.7. The van der Waals surface area contributed by atoms with Gasteiger partial charge in [-0.3, -0.25) is 4.79 Å². The molecule has 2 aliphatic rings. The van der Waals surface area contributed by atoms with E-state index in [2.05, 4.69) is 4.98 Å². The van der Waals surface area contributed by atoms with Gasteiger partial charge in [-0.2, -0.15) is 0 Å². The Bertz CT molecular complexity index is 813. The van der Waals surface area contributed by atoms with E-state index >= 15 is 0 Å². The molecule has 0 spiro atoms. The van der Waals surface area contributed by atoms with Crippen LogP contribution < -0.4 is 0 Å². The molecule has 1 saturated heterocycles. The van der Waals surface area contributed by atoms with Gasteiger partial charge in [0.1, 0.15) is 11.5 Å². The first-order valence-electron chi connectivity index (χ1n) is 9.71. The number of benzene rings is 1. The van der Waals surface area contributed by atoms with Gasteiger partial charge in [0.15, 0.2) is 6.10 Å². The average Bonchev–Trinajstić information content (AvgIpc) is 3.17. The van der Waals surface area contributed by atoms with Crippen LogP contribution in [0, 0.1) is 5.41 Å². The van der Waals surface area contributed by atoms with Crippen LogP contribution in [0.3, 0.4) is 0 Å². The van der Waals surface area contributed by atoms with Crippen molar-refractivity contribution in [2.24, 2.45) is 5.41 Å². The molecule has 3 heterocycles. The van der Waals surface area contributed by atoms with E-state index < -0.39 is 5.41 Å². The third-order valence-corrected chi connectivity index (χ3v) is 5.80. The number of aliphatic hydroxyl groups is 1. The standard InChI is InChI=1S/C21H26N2O5/c1-26-18(15-5-3-2-4-6-15)19-22-16-13-23(10-7-17(16)28-19)20(25)21(14-24)8-11-27-12-9-21/h2-6,18,24H,7-14H2,1H3. The molecule has 28 heavy (non-hydrogen) atoms. The number of hydrogen-bond acceptors (Lipinski definition) is 6. The number of carbonyl (C=O) groups is 1. The summed E-state index contributed by atoms with van der Waals surface area (Å²) in [6.45, 7) is 1.82. The van der Waals surface area contributed by atoms with Crippen LogP contribution in [-0.4, -0.2) is 54.4 Å². The maximum atomic E-state index is 13.2. The Hall–Kier alpha value is -2.22. The van der Waals surface area contributed by atoms with Crippen LogP contribution in [0.25, 0.3) is 0 Å². The largest absolute Gasteiger partial charge is 0.442 e. The molecule has 1 fully saturated rings. The quantitative estimate of drug-likeness (QED) is 0.847. The van der Waals surface area contributed by atoms with Crippen LogP contribution >= 0.6 is 0 Å². The highest BCUT2D eigenvalue weighted by Crippen LogP contribution is 2.35. The molecule has 7 nitrogen and oxygen atoms in total. The highest BCUT2D eigenvalue weighted by Gasteiger charge is 2.43. The van der Waals surface area contributed by atoms with Crippen molar-refractivity contribution < 1.29 is 23.8 Å². The van der Waals surface area contributed by atoms with Crippen LogP contribution in [0.1, 0.15) is 41.9 Å². The predicted octanol–water partition coefficient (Wildman–Crippen LogP) is 2.08. The molecule has 2 aliphatic heterocycles. The Labute approximate surface area is 164 Å². The van der Waals surface area contributed by atoms with Crippen molar-refractivity contribution in [3.05, 3.63) is 53.2 Å². The van der Waals surface area contributed by atoms with Crippen LogP contribution in [0.5, 0.6) is 0 Å². The fourth-order valence-electron chi connectivity index (χ4n) is 4.05. The van der Waals surface area contributed by atoms with Gasteiger partial charge in [0.2, 0.25) is 11.8 Å². The minimum Gasteiger partial charge on any atom is -0.442 e. The van der Waals surface area contributed by atoms with E-state index in [1.54, 1.807) is 12.0 Å². The Balaban J connectivity index is 1.54. The first-order valence-corrected chi connectivity index (χ1v) is 9.71. The molecule has 1 amide bonds. The lowest BCUT2D eigenvalue weighted by Gasteiger charge is -2.39. The third-order valence-electron chi connectivity index (χ3n) is 5.80. The van der Waals surface area contributed by atoms with Gasteiger partial charge in [-0.1, -0.05) is 30.3 Å². The second-order valence-electron chi connectivity index (χ2n) is 7.48. The summed E-state index contributed by atoms with van der Waals surface area (Å²) >= 11 is 0. The number of aliphatic hydroxyl groups excluding tert-OH is 1. The summed E-state index contributed by atoms with van der Waals surface area (Å²) in [6, 6.07) is 9.81. The number of nitrogens with zero attached hydrogens (tertiary/aromatic N) is 2. The summed E-state index contributed by atoms with van der Waals surface area (Å²) in [5.41, 5.74) is 1.01. The Morgan fingerprint density at radius 3 is 2.75 bits per heavy atom. The summed E-state index contributed by atoms with van der Waals surface area (Å²) in [5, 5.41) is 9.92. The molecule has 0 bridgehead atoms. The van der Waals surface area contributed by atoms with Gasteiger partial charge >= 0.3 is 0 Å². The molecular weight excluding hydrogens is 360 g/mol. The van der Waals surface area contributed by atoms with Crippen LogP contribution in [0.15, 0.2) is 34.7 Å². The zero-order valence-corrected chi connectivity index (χ0v) is 16.1. The second-order valence-corrected chi connectivity index (χ2v) is 7.48. The molecule has 7 heteroatoms. The summed E-state index contributed by atoms with van der Waals surface area (Å²) in [4.78, 5) is 19.6. The molecule has 1 aromatic heterocycles. The number of hydrogen-bond donors (Lipinski definition) is 1. The number of carbonyl (C=O) groups excluding carboxylic acids is 1. The molecule has 0 aliphatic carbocycles. The predicted molar refractivity (Wildman–Crippen MR) is 100 cm³/mol. The highest BCUT2D eigenvalue weighted by atomic mass is 16.5. The van der Waals surface area contributed by atoms with E-state index in [1.807, 2.05) is 30.3 Å². The van der Waals surface area contributed by atoms with Crippen molar-refractivity contribution in [2.75, 3.05) is 33.5 Å². The molecule has 1 atom stereocenters. The molecule has 1 N–H and O–H groups in total. The monoisotopic (exact) mass is 386 g/mol. The summed E-state index contributed by atoms with van der Waals surface area (Å²) in [7, 11) is 1.63. The van der Waals surface area contributed by atoms with E-state index in [-0.39, 0.29) is 18.6 Å². The number of oxazole rings is 1. The van der Waals surface area contributed by atoms with E-state index in [9.17, 15) is 9.90 Å². The minimum absolute atomic E-state index is 0.0140. The molecule has 4 rings (SSSR count). The van der Waals surface area contributed by atoms with Gasteiger partial charge in [0, 0.05) is 33.3 Å². The molecular formula is C21H26N2O5. The fourth-order valence-corrected chi connectivity index (χ4v) is 4.05. The Kier molecular flexibility index (Phi) is 5.48. The Morgan fingerprint density at radius 1 is 1.32 bits per heavy atom. The lowest BCUT2D eigenvalue weighted by Crippen LogP contribution is -2.50. The maximum Gasteiger partial charge on any atom is 0.231 e. The van der Waals surface area contributed by atoms with Gasteiger partial charge in [-0.15, -0.1) is 0 Å². The van der Waals surface area contributed by atoms with E-state index in [0.717, 1.165) is 17.0 Å². The van der Waals surface area contributed by atoms with Crippen molar-refractivity contribution in [2.45, 2.75) is 31.9 Å². The summed E-state index contributed by atoms with van der Waals surface area (Å²) in [5.74, 6) is 1.30. The van der Waals surface area contributed by atoms with Crippen LogP contribution in [-0.2, 0) is 27.2 Å². The molecule has 0 saturated carbocycles. The lowest BCUT2D eigenvalue weighted by atomic mass is 9.79. The maximum absolute atomic E-state index is 13.2. The Morgan fingerprint density at radius 2 is 2.07 bits per heavy atom. The first kappa shape index (κ1) is 19.1. The molecule has 1 aromatic carbocycles. The van der Waals surface area contributed by atoms with Crippen molar-refractivity contribution in [1.29, 1.82) is 0 Å². The third kappa shape index (κ3) is 3.45. The topological polar surface area (TPSA) is 85.0 Å². The number of methoxy groups -OCH3 is 1. The van der Waals surface area contributed by atoms with Crippen molar-refractivity contribution in [3.8, 4) is 0 Å². The number of rotatable bonds is 5. The normalized spacial score (nSPS) is 19.9. The second kappa shape index (κ2) is 8.03. The number of aromatic nitrogens is 1. The number of amides is 1. The fraction of sp³-hybridized carbons (Fsp3) is 0.524. The number of fused-ring (bicyclic) bond motifs is 1. The molecule has 1 unspecified atom stereocenters. The highest BCUT2D eigenvalue weighted by molar-refractivity contribution is 5.83. The average molecular weight is 386 g/mol. The minimum atomic E-state index is -0.735. The van der Waals surface area contributed by atoms with Crippen molar-refractivity contribution >= 4 is 5.91 Å². The zero-order valence-electron chi connectivity index (χ0n) is 16.1. The van der Waals surface area contributed by atoms with E-state index in [4.69, 9.17) is 13.9 Å². The van der Waals surface area contributed by atoms with Gasteiger partial charge in [0.25, 0.3) is 0 Å². The van der Waals surface area contributed by atoms with Crippen LogP contribution in [0.2, 0.25) is 0 Å². The molecule has 2 aromatic rings. The van der Waals surface area contributed by atoms with Crippen molar-refractivity contribution in [1.82, 2.24) is 9.88 Å². The van der Waals surface area contributed by atoms with Gasteiger partial charge in [0.05, 0.1) is 18.6 Å². The SMILES string of the molecule is COC(c1ccccc1)c1nc2c(o1)CCN(C(=O)C1(CO)CCOCC1)C2. The van der Waals surface area contributed by atoms with Gasteiger partial charge in [-0.25, -0.2) is 4.98 Å². The zero-order chi connectivity index (χ0) is 19.6.